The number of furan rings is 1. The van der Waals surface area contributed by atoms with Gasteiger partial charge in [0.15, 0.2) is 5.76 Å². The zero-order valence-corrected chi connectivity index (χ0v) is 17.7. The number of nitrogens with one attached hydrogen (secondary N) is 1. The lowest BCUT2D eigenvalue weighted by molar-refractivity contribution is 0.253. The predicted octanol–water partition coefficient (Wildman–Crippen LogP) is 3.14. The number of aromatic nitrogens is 5. The fraction of sp³-hybridized carbons (Fsp3) is 0.300. The van der Waals surface area contributed by atoms with Crippen LogP contribution in [-0.2, 0) is 6.54 Å². The number of nitrogens with zero attached hydrogens (tertiary/aromatic N) is 6. The van der Waals surface area contributed by atoms with Gasteiger partial charge in [-0.3, -0.25) is 4.90 Å². The minimum Gasteiger partial charge on any atom is -0.461 e. The van der Waals surface area contributed by atoms with Gasteiger partial charge in [-0.1, -0.05) is 0 Å². The Balaban J connectivity index is 0.00000245. The first-order valence-electron chi connectivity index (χ1n) is 9.92. The summed E-state index contributed by atoms with van der Waals surface area (Å²) >= 11 is 0. The summed E-state index contributed by atoms with van der Waals surface area (Å²) < 4.78 is 33.7. The quantitative estimate of drug-likeness (QED) is 0.449. The van der Waals surface area contributed by atoms with Crippen LogP contribution in [0.1, 0.15) is 18.4 Å². The Hall–Kier alpha value is -3.31. The molecule has 1 aliphatic heterocycles. The number of nitrogens with two attached hydrogens (primary N) is 1. The lowest BCUT2D eigenvalue weighted by atomic mass is 10.1. The van der Waals surface area contributed by atoms with E-state index in [1.165, 1.54) is 22.9 Å². The third-order valence-electron chi connectivity index (χ3n) is 5.28. The minimum atomic E-state index is -0.566. The van der Waals surface area contributed by atoms with Crippen LogP contribution in [0.15, 0.2) is 41.0 Å². The summed E-state index contributed by atoms with van der Waals surface area (Å²) in [6.45, 7) is 1.88. The second-order valence-electron chi connectivity index (χ2n) is 7.46. The molecule has 0 radical (unpaired) electrons. The Bertz CT molecular complexity index is 1200. The lowest BCUT2D eigenvalue weighted by Crippen LogP contribution is -2.34. The van der Waals surface area contributed by atoms with E-state index >= 15 is 0 Å². The van der Waals surface area contributed by atoms with Crippen LogP contribution in [0.3, 0.4) is 0 Å². The largest absolute Gasteiger partial charge is 0.461 e. The van der Waals surface area contributed by atoms with E-state index < -0.39 is 11.6 Å². The van der Waals surface area contributed by atoms with E-state index in [-0.39, 0.29) is 24.4 Å². The van der Waals surface area contributed by atoms with Gasteiger partial charge in [-0.15, -0.1) is 17.5 Å². The second kappa shape index (κ2) is 9.05. The molecule has 1 atom stereocenters. The number of likely N-dealkylation sites (tertiary alicyclic amines) is 1. The number of rotatable bonds is 6. The van der Waals surface area contributed by atoms with Crippen LogP contribution >= 0.6 is 12.4 Å². The summed E-state index contributed by atoms with van der Waals surface area (Å²) in [4.78, 5) is 15.2. The zero-order chi connectivity index (χ0) is 21.4. The molecule has 4 aromatic rings. The Labute approximate surface area is 188 Å². The highest BCUT2D eigenvalue weighted by Gasteiger charge is 2.25. The molecule has 4 heterocycles. The van der Waals surface area contributed by atoms with Crippen LogP contribution < -0.4 is 11.1 Å². The van der Waals surface area contributed by atoms with Gasteiger partial charge in [0.25, 0.3) is 5.78 Å². The van der Waals surface area contributed by atoms with Gasteiger partial charge in [0.2, 0.25) is 17.7 Å². The van der Waals surface area contributed by atoms with Gasteiger partial charge in [-0.25, -0.2) is 8.78 Å². The van der Waals surface area contributed by atoms with E-state index in [0.717, 1.165) is 25.5 Å². The molecule has 1 fully saturated rings. The van der Waals surface area contributed by atoms with Crippen LogP contribution in [0.25, 0.3) is 17.4 Å². The number of benzene rings is 1. The first-order chi connectivity index (χ1) is 15.0. The fourth-order valence-corrected chi connectivity index (χ4v) is 3.88. The molecule has 3 aromatic heterocycles. The Morgan fingerprint density at radius 2 is 1.97 bits per heavy atom. The van der Waals surface area contributed by atoms with Gasteiger partial charge in [-0.05, 0) is 49.2 Å². The molecule has 5 rings (SSSR count). The maximum absolute atomic E-state index is 13.5. The molecule has 0 saturated carbocycles. The van der Waals surface area contributed by atoms with Crippen molar-refractivity contribution in [1.82, 2.24) is 29.5 Å². The number of halogens is 3. The van der Waals surface area contributed by atoms with Crippen LogP contribution in [-0.4, -0.2) is 48.6 Å². The van der Waals surface area contributed by atoms with E-state index in [1.54, 1.807) is 12.1 Å². The highest BCUT2D eigenvalue weighted by Crippen LogP contribution is 2.22. The molecular weight excluding hydrogens is 442 g/mol. The van der Waals surface area contributed by atoms with Crippen molar-refractivity contribution < 1.29 is 13.2 Å². The standard InChI is InChI=1S/C20H20F2N8O.ClH/c21-13-7-12(8-14(22)9-13)11-29-5-1-3-15(29)10-24-19-26-18(23)30-20(27-19)25-17(28-30)16-4-2-6-31-16;/h2,4,6-9,15H,1,3,5,10-11H2,(H3,23,24,25,26,27,28);1H/t15-;/m1./s1. The van der Waals surface area contributed by atoms with E-state index in [9.17, 15) is 8.78 Å². The highest BCUT2D eigenvalue weighted by atomic mass is 35.5. The van der Waals surface area contributed by atoms with Crippen molar-refractivity contribution in [2.75, 3.05) is 24.1 Å². The number of fused-ring (bicyclic) bond motifs is 1. The average Bonchev–Trinajstić information content (AvgIpc) is 3.46. The van der Waals surface area contributed by atoms with Gasteiger partial charge in [0.1, 0.15) is 11.6 Å². The van der Waals surface area contributed by atoms with Gasteiger partial charge < -0.3 is 15.5 Å². The number of nitrogen functional groups attached to an aromatic ring is 1. The topological polar surface area (TPSA) is 110 Å². The maximum Gasteiger partial charge on any atom is 0.259 e. The molecule has 1 aliphatic rings. The molecule has 168 valence electrons. The first-order valence-corrected chi connectivity index (χ1v) is 9.92. The molecule has 1 saturated heterocycles. The van der Waals surface area contributed by atoms with Crippen molar-refractivity contribution in [3.8, 4) is 11.6 Å². The smallest absolute Gasteiger partial charge is 0.259 e. The van der Waals surface area contributed by atoms with E-state index in [0.29, 0.717) is 42.0 Å². The summed E-state index contributed by atoms with van der Waals surface area (Å²) in [5, 5.41) is 7.48. The van der Waals surface area contributed by atoms with Gasteiger partial charge in [0, 0.05) is 25.2 Å². The maximum atomic E-state index is 13.5. The van der Waals surface area contributed by atoms with Gasteiger partial charge in [0.05, 0.1) is 6.26 Å². The Morgan fingerprint density at radius 1 is 1.16 bits per heavy atom. The van der Waals surface area contributed by atoms with Crippen LogP contribution in [0.2, 0.25) is 0 Å². The van der Waals surface area contributed by atoms with Crippen molar-refractivity contribution >= 4 is 30.1 Å². The van der Waals surface area contributed by atoms with E-state index in [2.05, 4.69) is 30.3 Å². The molecule has 12 heteroatoms. The van der Waals surface area contributed by atoms with Crippen molar-refractivity contribution in [2.24, 2.45) is 0 Å². The SMILES string of the molecule is Cl.Nc1nc(NC[C@H]2CCCN2Cc2cc(F)cc(F)c2)nc2nc(-c3ccco3)nn12. The molecule has 0 amide bonds. The summed E-state index contributed by atoms with van der Waals surface area (Å²) in [6, 6.07) is 7.28. The predicted molar refractivity (Wildman–Crippen MR) is 116 cm³/mol. The molecule has 9 nitrogen and oxygen atoms in total. The molecule has 0 aliphatic carbocycles. The lowest BCUT2D eigenvalue weighted by Gasteiger charge is -2.24. The van der Waals surface area contributed by atoms with Crippen molar-refractivity contribution in [3.63, 3.8) is 0 Å². The van der Waals surface area contributed by atoms with Crippen LogP contribution in [0, 0.1) is 11.6 Å². The summed E-state index contributed by atoms with van der Waals surface area (Å²) in [5.74, 6) is 0.539. The normalized spacial score (nSPS) is 16.4. The van der Waals surface area contributed by atoms with E-state index in [4.69, 9.17) is 10.2 Å². The molecule has 0 spiro atoms. The number of anilines is 2. The molecule has 32 heavy (non-hydrogen) atoms. The summed E-state index contributed by atoms with van der Waals surface area (Å²) in [6.07, 6.45) is 3.49. The Morgan fingerprint density at radius 3 is 2.72 bits per heavy atom. The fourth-order valence-electron chi connectivity index (χ4n) is 3.88. The third-order valence-corrected chi connectivity index (χ3v) is 5.28. The molecule has 0 bridgehead atoms. The third kappa shape index (κ3) is 4.48. The second-order valence-corrected chi connectivity index (χ2v) is 7.46. The average molecular weight is 463 g/mol. The van der Waals surface area contributed by atoms with Gasteiger partial charge >= 0.3 is 0 Å². The summed E-state index contributed by atoms with van der Waals surface area (Å²) in [7, 11) is 0. The summed E-state index contributed by atoms with van der Waals surface area (Å²) in [5.41, 5.74) is 6.63. The number of hydrogen-bond donors (Lipinski definition) is 2. The molecule has 1 aromatic carbocycles. The van der Waals surface area contributed by atoms with Crippen LogP contribution in [0.5, 0.6) is 0 Å². The van der Waals surface area contributed by atoms with Gasteiger partial charge in [-0.2, -0.15) is 19.5 Å². The Kier molecular flexibility index (Phi) is 6.19. The molecular formula is C20H21ClF2N8O. The monoisotopic (exact) mass is 462 g/mol. The number of hydrogen-bond acceptors (Lipinski definition) is 8. The highest BCUT2D eigenvalue weighted by molar-refractivity contribution is 5.85. The van der Waals surface area contributed by atoms with Crippen LogP contribution in [0.4, 0.5) is 20.7 Å². The first kappa shape index (κ1) is 21.9. The zero-order valence-electron chi connectivity index (χ0n) is 16.9. The minimum absolute atomic E-state index is 0. The molecule has 3 N–H and O–H groups in total. The van der Waals surface area contributed by atoms with Crippen molar-refractivity contribution in [1.29, 1.82) is 0 Å². The van der Waals surface area contributed by atoms with Crippen molar-refractivity contribution in [2.45, 2.75) is 25.4 Å². The molecule has 0 unspecified atom stereocenters. The van der Waals surface area contributed by atoms with E-state index in [1.807, 2.05) is 0 Å². The van der Waals surface area contributed by atoms with Crippen molar-refractivity contribution in [3.05, 3.63) is 53.8 Å².